The van der Waals surface area contributed by atoms with Crippen LogP contribution in [0.15, 0.2) is 28.6 Å². The smallest absolute Gasteiger partial charge is 0.316 e. The fraction of sp³-hybridized carbons (Fsp3) is 0.250. The Hall–Kier alpha value is -1.72. The molecule has 0 fully saturated rings. The summed E-state index contributed by atoms with van der Waals surface area (Å²) in [6.07, 6.45) is 0. The Balaban J connectivity index is 1.99. The van der Waals surface area contributed by atoms with Gasteiger partial charge in [-0.3, -0.25) is 9.52 Å². The highest BCUT2D eigenvalue weighted by atomic mass is 32.2. The number of sulfonamides is 1. The van der Waals surface area contributed by atoms with Gasteiger partial charge in [0.25, 0.3) is 0 Å². The number of thioether (sulfide) groups is 1. The Labute approximate surface area is 140 Å². The summed E-state index contributed by atoms with van der Waals surface area (Å²) in [6.45, 7) is 0. The summed E-state index contributed by atoms with van der Waals surface area (Å²) < 4.78 is 44.7. The van der Waals surface area contributed by atoms with Crippen LogP contribution >= 0.6 is 23.1 Å². The lowest BCUT2D eigenvalue weighted by atomic mass is 10.2. The number of benzene rings is 1. The van der Waals surface area contributed by atoms with Gasteiger partial charge in [-0.2, -0.15) is 0 Å². The largest absolute Gasteiger partial charge is 0.468 e. The van der Waals surface area contributed by atoms with Crippen LogP contribution in [0, 0.1) is 5.82 Å². The number of hydrogen-bond donors (Lipinski definition) is 1. The first-order chi connectivity index (χ1) is 10.9. The van der Waals surface area contributed by atoms with Gasteiger partial charge in [0, 0.05) is 5.56 Å². The minimum absolute atomic E-state index is 0.0487. The molecule has 1 N–H and O–H groups in total. The molecule has 23 heavy (non-hydrogen) atoms. The van der Waals surface area contributed by atoms with Gasteiger partial charge in [0.1, 0.15) is 5.82 Å². The van der Waals surface area contributed by atoms with Crippen LogP contribution < -0.4 is 4.72 Å². The topological polar surface area (TPSA) is 98.2 Å². The van der Waals surface area contributed by atoms with Crippen LogP contribution in [0.5, 0.6) is 0 Å². The van der Waals surface area contributed by atoms with Crippen molar-refractivity contribution in [3.05, 3.63) is 35.6 Å². The van der Waals surface area contributed by atoms with E-state index in [2.05, 4.69) is 19.7 Å². The van der Waals surface area contributed by atoms with Crippen LogP contribution in [0.4, 0.5) is 9.52 Å². The van der Waals surface area contributed by atoms with Crippen molar-refractivity contribution in [3.8, 4) is 0 Å². The van der Waals surface area contributed by atoms with Crippen molar-refractivity contribution in [2.75, 3.05) is 17.6 Å². The fourth-order valence-electron chi connectivity index (χ4n) is 1.48. The second-order valence-corrected chi connectivity index (χ2v) is 8.11. The predicted molar refractivity (Wildman–Crippen MR) is 85.3 cm³/mol. The van der Waals surface area contributed by atoms with E-state index in [1.807, 2.05) is 0 Å². The zero-order valence-corrected chi connectivity index (χ0v) is 14.3. The molecule has 7 nitrogen and oxygen atoms in total. The molecule has 0 saturated carbocycles. The van der Waals surface area contributed by atoms with Gasteiger partial charge >= 0.3 is 5.97 Å². The third-order valence-corrected chi connectivity index (χ3v) is 5.76. The number of hydrogen-bond acceptors (Lipinski definition) is 8. The SMILES string of the molecule is COC(=O)CSc1nnc(NS(=O)(=O)Cc2ccccc2F)s1. The van der Waals surface area contributed by atoms with Crippen LogP contribution in [0.25, 0.3) is 0 Å². The Morgan fingerprint density at radius 1 is 1.39 bits per heavy atom. The molecule has 0 spiro atoms. The Morgan fingerprint density at radius 3 is 2.83 bits per heavy atom. The number of carbonyl (C=O) groups is 1. The number of rotatable bonds is 7. The number of methoxy groups -OCH3 is 1. The fourth-order valence-corrected chi connectivity index (χ4v) is 4.48. The minimum Gasteiger partial charge on any atom is -0.468 e. The van der Waals surface area contributed by atoms with Crippen molar-refractivity contribution >= 4 is 44.2 Å². The number of ether oxygens (including phenoxy) is 1. The zero-order valence-electron chi connectivity index (χ0n) is 11.9. The number of aromatic nitrogens is 2. The van der Waals surface area contributed by atoms with Crippen molar-refractivity contribution in [2.45, 2.75) is 10.1 Å². The molecule has 0 amide bonds. The molecule has 0 radical (unpaired) electrons. The van der Waals surface area contributed by atoms with Gasteiger partial charge in [-0.05, 0) is 6.07 Å². The molecule has 0 aliphatic rings. The van der Waals surface area contributed by atoms with Gasteiger partial charge in [-0.15, -0.1) is 10.2 Å². The molecule has 0 unspecified atom stereocenters. The van der Waals surface area contributed by atoms with Crippen LogP contribution in [0.3, 0.4) is 0 Å². The maximum Gasteiger partial charge on any atom is 0.316 e. The Morgan fingerprint density at radius 2 is 2.13 bits per heavy atom. The average molecular weight is 377 g/mol. The number of esters is 1. The monoisotopic (exact) mass is 377 g/mol. The van der Waals surface area contributed by atoms with Crippen LogP contribution in [0.2, 0.25) is 0 Å². The number of halogens is 1. The van der Waals surface area contributed by atoms with Gasteiger partial charge in [0.2, 0.25) is 15.2 Å². The summed E-state index contributed by atoms with van der Waals surface area (Å²) in [6, 6.07) is 5.62. The highest BCUT2D eigenvalue weighted by Gasteiger charge is 2.17. The third-order valence-electron chi connectivity index (χ3n) is 2.49. The summed E-state index contributed by atoms with van der Waals surface area (Å²) in [4.78, 5) is 11.0. The quantitative estimate of drug-likeness (QED) is 0.581. The molecule has 1 aromatic heterocycles. The zero-order chi connectivity index (χ0) is 16.9. The predicted octanol–water partition coefficient (Wildman–Crippen LogP) is 1.88. The summed E-state index contributed by atoms with van der Waals surface area (Å²) in [5, 5.41) is 7.48. The number of nitrogens with one attached hydrogen (secondary N) is 1. The van der Waals surface area contributed by atoms with Gasteiger partial charge < -0.3 is 4.74 Å². The molecule has 2 aromatic rings. The van der Waals surface area contributed by atoms with Crippen LogP contribution in [0.1, 0.15) is 5.56 Å². The third kappa shape index (κ3) is 5.44. The van der Waals surface area contributed by atoms with E-state index in [-0.39, 0.29) is 16.4 Å². The summed E-state index contributed by atoms with van der Waals surface area (Å²) in [5.74, 6) is -1.48. The van der Waals surface area contributed by atoms with Gasteiger partial charge in [0.05, 0.1) is 18.6 Å². The van der Waals surface area contributed by atoms with E-state index in [1.165, 1.54) is 25.3 Å². The van der Waals surface area contributed by atoms with E-state index < -0.39 is 27.6 Å². The lowest BCUT2D eigenvalue weighted by Gasteiger charge is -2.05. The molecule has 0 saturated heterocycles. The maximum absolute atomic E-state index is 13.5. The van der Waals surface area contributed by atoms with Crippen molar-refractivity contribution < 1.29 is 22.3 Å². The normalized spacial score (nSPS) is 11.2. The molecule has 2 rings (SSSR count). The van der Waals surface area contributed by atoms with Crippen molar-refractivity contribution in [1.82, 2.24) is 10.2 Å². The van der Waals surface area contributed by atoms with Gasteiger partial charge in [0.15, 0.2) is 4.34 Å². The van der Waals surface area contributed by atoms with Crippen molar-refractivity contribution in [2.24, 2.45) is 0 Å². The van der Waals surface area contributed by atoms with E-state index >= 15 is 0 Å². The maximum atomic E-state index is 13.5. The Kier molecular flexibility index (Phi) is 5.91. The summed E-state index contributed by atoms with van der Waals surface area (Å²) >= 11 is 2.06. The molecule has 11 heteroatoms. The molecule has 0 aliphatic heterocycles. The average Bonchev–Trinajstić information content (AvgIpc) is 2.93. The molecule has 124 valence electrons. The lowest BCUT2D eigenvalue weighted by molar-refractivity contribution is -0.137. The first-order valence-corrected chi connectivity index (χ1v) is 9.62. The molecular formula is C12H12FN3O4S3. The van der Waals surface area contributed by atoms with Crippen molar-refractivity contribution in [3.63, 3.8) is 0 Å². The Bertz CT molecular complexity index is 794. The van der Waals surface area contributed by atoms with Crippen LogP contribution in [-0.2, 0) is 25.3 Å². The molecular weight excluding hydrogens is 365 g/mol. The minimum atomic E-state index is -3.82. The van der Waals surface area contributed by atoms with E-state index in [4.69, 9.17) is 0 Å². The second-order valence-electron chi connectivity index (χ2n) is 4.19. The molecule has 1 heterocycles. The standard InChI is InChI=1S/C12H12FN3O4S3/c1-20-10(17)6-21-12-15-14-11(22-12)16-23(18,19)7-8-4-2-3-5-9(8)13/h2-5H,6-7H2,1H3,(H,14,16). The van der Waals surface area contributed by atoms with E-state index in [0.29, 0.717) is 4.34 Å². The lowest BCUT2D eigenvalue weighted by Crippen LogP contribution is -2.15. The van der Waals surface area contributed by atoms with Crippen LogP contribution in [-0.4, -0.2) is 37.4 Å². The van der Waals surface area contributed by atoms with Gasteiger partial charge in [-0.1, -0.05) is 41.3 Å². The first-order valence-electron chi connectivity index (χ1n) is 6.16. The van der Waals surface area contributed by atoms with E-state index in [1.54, 1.807) is 6.07 Å². The van der Waals surface area contributed by atoms with Gasteiger partial charge in [-0.25, -0.2) is 12.8 Å². The highest BCUT2D eigenvalue weighted by Crippen LogP contribution is 2.26. The molecule has 1 aromatic carbocycles. The number of anilines is 1. The molecule has 0 bridgehead atoms. The summed E-state index contributed by atoms with van der Waals surface area (Å²) in [5.41, 5.74) is 0.0600. The number of carbonyl (C=O) groups excluding carboxylic acids is 1. The van der Waals surface area contributed by atoms with E-state index in [9.17, 15) is 17.6 Å². The summed E-state index contributed by atoms with van der Waals surface area (Å²) in [7, 11) is -2.55. The van der Waals surface area contributed by atoms with E-state index in [0.717, 1.165) is 23.1 Å². The molecule has 0 atom stereocenters. The number of nitrogens with zero attached hydrogens (tertiary/aromatic N) is 2. The highest BCUT2D eigenvalue weighted by molar-refractivity contribution is 8.01. The van der Waals surface area contributed by atoms with Crippen molar-refractivity contribution in [1.29, 1.82) is 0 Å². The first kappa shape index (κ1) is 17.6. The second kappa shape index (κ2) is 7.70. The molecule has 0 aliphatic carbocycles.